The summed E-state index contributed by atoms with van der Waals surface area (Å²) in [5.74, 6) is 0.658. The van der Waals surface area contributed by atoms with Gasteiger partial charge in [0.2, 0.25) is 0 Å². The zero-order valence-corrected chi connectivity index (χ0v) is 60.3. The summed E-state index contributed by atoms with van der Waals surface area (Å²) in [7, 11) is 0. The van der Waals surface area contributed by atoms with Crippen molar-refractivity contribution in [2.24, 2.45) is 23.7 Å². The molecule has 3 aromatic heterocycles. The SMILES string of the molecule is CCOC(=O)C1CCCc2c1c(C(=O)N[C@H](C)C1CCCCC1)nn2C1CCCCC1.CCOC(=O)C1CCc2c(C(=O)N[C@H](C)C3CCCCC3)nn(C3CCCCC3)c2C1.C[C@@H](NC(=O)c1nn(C2CCCCC2)c2c1CC(NC(=O)OC(C)(C)C)CC2)C1CCCCC1. The summed E-state index contributed by atoms with van der Waals surface area (Å²) in [5.41, 5.74) is 7.46. The smallest absolute Gasteiger partial charge is 0.407 e. The largest absolute Gasteiger partial charge is 0.466 e. The molecule has 6 atom stereocenters. The van der Waals surface area contributed by atoms with E-state index in [1.54, 1.807) is 0 Å². The number of aromatic nitrogens is 6. The van der Waals surface area contributed by atoms with Crippen molar-refractivity contribution >= 4 is 35.8 Å². The van der Waals surface area contributed by atoms with E-state index in [4.69, 9.17) is 29.5 Å². The standard InChI is InChI=1S/C27H44N4O3.2C25H39N3O3/c1-18(19-11-7-5-8-12-19)28-25(32)24-22-17-20(29-26(33)34-27(2,3)4)15-16-23(22)31(30-24)21-13-9-6-10-14-21;1-3-31-25(30)20-15-10-16-21-22(20)23(27-28(21)19-13-8-5-9-14-19)24(29)26-17(2)18-11-6-4-7-12-18;1-3-31-25(30)19-14-15-21-22(16-19)28(20-12-8-5-9-13-20)27-23(21)24(29)26-17(2)18-10-6-4-7-11-18/h18-21H,5-17H2,1-4H3,(H,28,32)(H,29,33);2*17-20H,3-16H2,1-2H3,(H,26,29)/t18-,20?;17-,20?;17-,19?/m111/s1. The third-order valence-corrected chi connectivity index (χ3v) is 23.4. The Kier molecular flexibility index (Phi) is 26.5. The summed E-state index contributed by atoms with van der Waals surface area (Å²) >= 11 is 0. The Balaban J connectivity index is 0.000000157. The highest BCUT2D eigenvalue weighted by atomic mass is 16.6. The second-order valence-electron chi connectivity index (χ2n) is 31.4. The summed E-state index contributed by atoms with van der Waals surface area (Å²) in [4.78, 5) is 77.9. The molecule has 12 rings (SSSR count). The minimum atomic E-state index is -0.532. The van der Waals surface area contributed by atoms with Gasteiger partial charge in [-0.05, 0) is 202 Å². The number of esters is 2. The first-order valence-corrected chi connectivity index (χ1v) is 39.0. The van der Waals surface area contributed by atoms with E-state index in [0.29, 0.717) is 79.0 Å². The Morgan fingerprint density at radius 3 is 1.30 bits per heavy atom. The Labute approximate surface area is 574 Å². The topological polar surface area (TPSA) is 232 Å². The fourth-order valence-corrected chi connectivity index (χ4v) is 18.0. The van der Waals surface area contributed by atoms with Crippen LogP contribution in [-0.2, 0) is 55.9 Å². The molecule has 9 aliphatic carbocycles. The van der Waals surface area contributed by atoms with Crippen molar-refractivity contribution in [2.75, 3.05) is 13.2 Å². The van der Waals surface area contributed by atoms with E-state index in [1.807, 2.05) is 34.6 Å². The molecule has 0 spiro atoms. The molecule has 3 heterocycles. The molecule has 9 aliphatic rings. The van der Waals surface area contributed by atoms with Crippen molar-refractivity contribution in [1.29, 1.82) is 0 Å². The fourth-order valence-electron chi connectivity index (χ4n) is 18.0. The van der Waals surface area contributed by atoms with Gasteiger partial charge in [-0.25, -0.2) is 4.79 Å². The lowest BCUT2D eigenvalue weighted by Crippen LogP contribution is -2.43. The molecule has 0 saturated heterocycles. The third-order valence-electron chi connectivity index (χ3n) is 23.4. The highest BCUT2D eigenvalue weighted by Crippen LogP contribution is 2.41. The van der Waals surface area contributed by atoms with Gasteiger partial charge in [-0.2, -0.15) is 15.3 Å². The quantitative estimate of drug-likeness (QED) is 0.0730. The Bertz CT molecular complexity index is 3050. The van der Waals surface area contributed by atoms with Gasteiger partial charge < -0.3 is 35.5 Å². The lowest BCUT2D eigenvalue weighted by molar-refractivity contribution is -0.148. The van der Waals surface area contributed by atoms with Crippen LogP contribution in [-0.4, -0.2) is 108 Å². The second kappa shape index (κ2) is 34.8. The van der Waals surface area contributed by atoms with Crippen LogP contribution < -0.4 is 21.3 Å². The van der Waals surface area contributed by atoms with Crippen LogP contribution in [0, 0.1) is 23.7 Å². The normalized spacial score (nSPS) is 23.5. The highest BCUT2D eigenvalue weighted by Gasteiger charge is 2.41. The molecule has 3 aromatic rings. The maximum atomic E-state index is 13.5. The molecule has 96 heavy (non-hydrogen) atoms. The van der Waals surface area contributed by atoms with Gasteiger partial charge in [0.1, 0.15) is 5.60 Å². The van der Waals surface area contributed by atoms with Crippen molar-refractivity contribution in [3.05, 3.63) is 50.9 Å². The van der Waals surface area contributed by atoms with Crippen molar-refractivity contribution in [2.45, 2.75) is 360 Å². The average Bonchev–Trinajstić information content (AvgIpc) is 1.63. The summed E-state index contributed by atoms with van der Waals surface area (Å²) in [6.07, 6.45) is 43.0. The molecule has 4 amide bonds. The number of rotatable bonds is 17. The average molecular weight is 1330 g/mol. The van der Waals surface area contributed by atoms with Crippen LogP contribution >= 0.6 is 0 Å². The predicted octanol–water partition coefficient (Wildman–Crippen LogP) is 15.3. The molecule has 4 N–H and O–H groups in total. The third kappa shape index (κ3) is 18.8. The molecular formula is C77H122N10O9. The maximum Gasteiger partial charge on any atom is 0.407 e. The predicted molar refractivity (Wildman–Crippen MR) is 373 cm³/mol. The van der Waals surface area contributed by atoms with E-state index in [1.165, 1.54) is 160 Å². The summed E-state index contributed by atoms with van der Waals surface area (Å²) in [5, 5.41) is 27.6. The van der Waals surface area contributed by atoms with Gasteiger partial charge >= 0.3 is 18.0 Å². The zero-order valence-electron chi connectivity index (χ0n) is 60.3. The number of nitrogens with zero attached hydrogens (tertiary/aromatic N) is 6. The molecule has 534 valence electrons. The number of amides is 4. The van der Waals surface area contributed by atoms with Crippen LogP contribution in [0.4, 0.5) is 4.79 Å². The number of hydrogen-bond acceptors (Lipinski definition) is 12. The molecule has 3 unspecified atom stereocenters. The first-order chi connectivity index (χ1) is 46.4. The van der Waals surface area contributed by atoms with Gasteiger partial charge in [0.15, 0.2) is 17.1 Å². The van der Waals surface area contributed by atoms with E-state index in [2.05, 4.69) is 56.1 Å². The van der Waals surface area contributed by atoms with E-state index in [9.17, 15) is 28.8 Å². The lowest BCUT2D eigenvalue weighted by atomic mass is 9.83. The van der Waals surface area contributed by atoms with Crippen LogP contribution in [0.1, 0.15) is 363 Å². The molecule has 19 heteroatoms. The first kappa shape index (κ1) is 73.0. The second-order valence-corrected chi connectivity index (χ2v) is 31.4. The van der Waals surface area contributed by atoms with Crippen molar-refractivity contribution in [3.63, 3.8) is 0 Å². The van der Waals surface area contributed by atoms with Gasteiger partial charge in [0.25, 0.3) is 17.7 Å². The summed E-state index contributed by atoms with van der Waals surface area (Å²) < 4.78 is 22.6. The van der Waals surface area contributed by atoms with Gasteiger partial charge in [0, 0.05) is 64.4 Å². The number of ether oxygens (including phenoxy) is 3. The van der Waals surface area contributed by atoms with E-state index < -0.39 is 11.7 Å². The first-order valence-electron chi connectivity index (χ1n) is 39.0. The van der Waals surface area contributed by atoms with E-state index in [-0.39, 0.29) is 65.7 Å². The number of fused-ring (bicyclic) bond motifs is 3. The monoisotopic (exact) mass is 1330 g/mol. The summed E-state index contributed by atoms with van der Waals surface area (Å²) in [6, 6.07) is 1.50. The molecule has 0 aromatic carbocycles. The number of hydrogen-bond donors (Lipinski definition) is 4. The Hall–Kier alpha value is -5.75. The van der Waals surface area contributed by atoms with Gasteiger partial charge in [0.05, 0.1) is 43.2 Å². The Morgan fingerprint density at radius 2 is 0.844 bits per heavy atom. The van der Waals surface area contributed by atoms with Gasteiger partial charge in [-0.3, -0.25) is 38.0 Å². The van der Waals surface area contributed by atoms with Crippen LogP contribution in [0.25, 0.3) is 0 Å². The van der Waals surface area contributed by atoms with Crippen molar-refractivity contribution in [1.82, 2.24) is 50.6 Å². The maximum absolute atomic E-state index is 13.5. The molecule has 0 bridgehead atoms. The minimum Gasteiger partial charge on any atom is -0.466 e. The number of nitrogens with one attached hydrogen (secondary N) is 4. The summed E-state index contributed by atoms with van der Waals surface area (Å²) in [6.45, 7) is 16.5. The van der Waals surface area contributed by atoms with Gasteiger partial charge in [-0.15, -0.1) is 0 Å². The molecule has 6 saturated carbocycles. The van der Waals surface area contributed by atoms with Crippen LogP contribution in [0.2, 0.25) is 0 Å². The lowest BCUT2D eigenvalue weighted by Gasteiger charge is -2.29. The molecule has 0 aliphatic heterocycles. The van der Waals surface area contributed by atoms with Crippen LogP contribution in [0.15, 0.2) is 0 Å². The molecular weight excluding hydrogens is 1210 g/mol. The minimum absolute atomic E-state index is 0.0292. The number of carbonyl (C=O) groups is 6. The van der Waals surface area contributed by atoms with Gasteiger partial charge in [-0.1, -0.05) is 116 Å². The van der Waals surface area contributed by atoms with Crippen molar-refractivity contribution < 1.29 is 43.0 Å². The molecule has 6 fully saturated rings. The van der Waals surface area contributed by atoms with Crippen LogP contribution in [0.5, 0.6) is 0 Å². The fraction of sp³-hybridized carbons (Fsp3) is 0.805. The van der Waals surface area contributed by atoms with E-state index in [0.717, 1.165) is 112 Å². The molecule has 0 radical (unpaired) electrons. The highest BCUT2D eigenvalue weighted by molar-refractivity contribution is 5.97. The molecule has 19 nitrogen and oxygen atoms in total. The number of alkyl carbamates (subject to hydrolysis) is 1. The van der Waals surface area contributed by atoms with Crippen LogP contribution in [0.3, 0.4) is 0 Å². The zero-order chi connectivity index (χ0) is 67.9. The Morgan fingerprint density at radius 1 is 0.438 bits per heavy atom. The van der Waals surface area contributed by atoms with Crippen molar-refractivity contribution in [3.8, 4) is 0 Å². The number of carbonyl (C=O) groups excluding carboxylic acids is 6. The van der Waals surface area contributed by atoms with E-state index >= 15 is 0 Å².